The van der Waals surface area contributed by atoms with Crippen molar-refractivity contribution in [3.05, 3.63) is 66.0 Å². The number of carboxylic acids is 1. The van der Waals surface area contributed by atoms with Crippen LogP contribution in [0.25, 0.3) is 0 Å². The summed E-state index contributed by atoms with van der Waals surface area (Å²) in [6, 6.07) is 13.3. The first kappa shape index (κ1) is 17.1. The van der Waals surface area contributed by atoms with Gasteiger partial charge in [0, 0.05) is 11.6 Å². The Hall–Kier alpha value is -0.870. The zero-order chi connectivity index (χ0) is 11.4. The molecule has 2 aromatic rings. The van der Waals surface area contributed by atoms with Gasteiger partial charge in [-0.05, 0) is 6.07 Å². The summed E-state index contributed by atoms with van der Waals surface area (Å²) < 4.78 is 1.86. The second kappa shape index (κ2) is 8.27. The van der Waals surface area contributed by atoms with Crippen molar-refractivity contribution in [3.63, 3.8) is 0 Å². The van der Waals surface area contributed by atoms with E-state index >= 15 is 0 Å². The SMILES string of the molecule is O=C(O)c1ccc[n+](Cc2ccccc2)c1.[Cl-].[H-].[Na+]. The molecule has 5 heteroatoms. The van der Waals surface area contributed by atoms with Crippen molar-refractivity contribution in [1.82, 2.24) is 0 Å². The van der Waals surface area contributed by atoms with Crippen LogP contribution >= 0.6 is 0 Å². The van der Waals surface area contributed by atoms with Gasteiger partial charge in [-0.1, -0.05) is 30.3 Å². The summed E-state index contributed by atoms with van der Waals surface area (Å²) >= 11 is 0. The summed E-state index contributed by atoms with van der Waals surface area (Å²) in [6.07, 6.45) is 3.49. The van der Waals surface area contributed by atoms with Gasteiger partial charge in [-0.25, -0.2) is 4.79 Å². The molecule has 0 aliphatic rings. The molecule has 0 radical (unpaired) electrons. The van der Waals surface area contributed by atoms with Crippen LogP contribution in [0, 0.1) is 0 Å². The fraction of sp³-hybridized carbons (Fsp3) is 0.0769. The molecule has 1 aromatic heterocycles. The minimum absolute atomic E-state index is 0. The third-order valence-electron chi connectivity index (χ3n) is 2.31. The summed E-state index contributed by atoms with van der Waals surface area (Å²) in [6.45, 7) is 0.682. The normalized spacial score (nSPS) is 8.89. The summed E-state index contributed by atoms with van der Waals surface area (Å²) in [5.74, 6) is -0.901. The van der Waals surface area contributed by atoms with Gasteiger partial charge >= 0.3 is 35.5 Å². The van der Waals surface area contributed by atoms with Gasteiger partial charge in [0.05, 0.1) is 0 Å². The fourth-order valence-electron chi connectivity index (χ4n) is 1.54. The molecule has 3 nitrogen and oxygen atoms in total. The number of carboxylic acid groups (broad SMARTS) is 1. The van der Waals surface area contributed by atoms with Crippen molar-refractivity contribution in [2.45, 2.75) is 6.54 Å². The Morgan fingerprint density at radius 3 is 2.44 bits per heavy atom. The molecule has 0 unspecified atom stereocenters. The Balaban J connectivity index is 0. The fourth-order valence-corrected chi connectivity index (χ4v) is 1.54. The van der Waals surface area contributed by atoms with Crippen molar-refractivity contribution in [2.75, 3.05) is 0 Å². The Bertz CT molecular complexity index is 511. The summed E-state index contributed by atoms with van der Waals surface area (Å²) in [4.78, 5) is 10.8. The molecule has 0 saturated heterocycles. The van der Waals surface area contributed by atoms with E-state index in [4.69, 9.17) is 5.11 Å². The van der Waals surface area contributed by atoms with Crippen LogP contribution in [0.4, 0.5) is 0 Å². The Morgan fingerprint density at radius 2 is 1.83 bits per heavy atom. The molecule has 0 spiro atoms. The predicted octanol–water partition coefficient (Wildman–Crippen LogP) is -4.16. The van der Waals surface area contributed by atoms with Crippen LogP contribution in [0.3, 0.4) is 0 Å². The van der Waals surface area contributed by atoms with Crippen molar-refractivity contribution < 1.29 is 57.9 Å². The number of aromatic nitrogens is 1. The number of halogens is 1. The van der Waals surface area contributed by atoms with E-state index in [9.17, 15) is 4.79 Å². The largest absolute Gasteiger partial charge is 1.00 e. The molecule has 0 atom stereocenters. The van der Waals surface area contributed by atoms with E-state index in [0.717, 1.165) is 5.56 Å². The van der Waals surface area contributed by atoms with Crippen LogP contribution in [-0.2, 0) is 6.54 Å². The molecular formula is C13H13ClNNaO2. The summed E-state index contributed by atoms with van der Waals surface area (Å²) in [5.41, 5.74) is 1.45. The number of nitrogens with zero attached hydrogens (tertiary/aromatic N) is 1. The molecule has 1 aromatic carbocycles. The molecule has 18 heavy (non-hydrogen) atoms. The average molecular weight is 274 g/mol. The number of hydrogen-bond donors (Lipinski definition) is 1. The first-order valence-electron chi connectivity index (χ1n) is 5.02. The van der Waals surface area contributed by atoms with Crippen molar-refractivity contribution in [3.8, 4) is 0 Å². The van der Waals surface area contributed by atoms with Gasteiger partial charge in [0.2, 0.25) is 0 Å². The quantitative estimate of drug-likeness (QED) is 0.456. The minimum atomic E-state index is -0.901. The topological polar surface area (TPSA) is 41.2 Å². The van der Waals surface area contributed by atoms with Crippen molar-refractivity contribution in [1.29, 1.82) is 0 Å². The minimum Gasteiger partial charge on any atom is -1.00 e. The zero-order valence-corrected chi connectivity index (χ0v) is 12.8. The predicted molar refractivity (Wildman–Crippen MR) is 60.3 cm³/mol. The van der Waals surface area contributed by atoms with Gasteiger partial charge in [-0.2, -0.15) is 4.57 Å². The van der Waals surface area contributed by atoms with Crippen molar-refractivity contribution in [2.24, 2.45) is 0 Å². The van der Waals surface area contributed by atoms with Gasteiger partial charge in [0.15, 0.2) is 18.9 Å². The number of carbonyl (C=O) groups is 1. The maximum Gasteiger partial charge on any atom is 1.00 e. The van der Waals surface area contributed by atoms with E-state index in [1.807, 2.05) is 41.1 Å². The molecule has 90 valence electrons. The van der Waals surface area contributed by atoms with Crippen LogP contribution in [0.5, 0.6) is 0 Å². The maximum absolute atomic E-state index is 10.8. The molecular weight excluding hydrogens is 261 g/mol. The van der Waals surface area contributed by atoms with E-state index < -0.39 is 5.97 Å². The number of aromatic carboxylic acids is 1. The maximum atomic E-state index is 10.8. The van der Waals surface area contributed by atoms with E-state index in [-0.39, 0.29) is 43.4 Å². The van der Waals surface area contributed by atoms with Crippen molar-refractivity contribution >= 4 is 5.97 Å². The van der Waals surface area contributed by atoms with Gasteiger partial charge in [-0.15, -0.1) is 0 Å². The first-order valence-corrected chi connectivity index (χ1v) is 5.02. The molecule has 1 heterocycles. The Morgan fingerprint density at radius 1 is 1.17 bits per heavy atom. The van der Waals surface area contributed by atoms with Gasteiger partial charge < -0.3 is 18.9 Å². The molecule has 2 rings (SSSR count). The number of pyridine rings is 1. The Kier molecular flexibility index (Phi) is 7.87. The second-order valence-corrected chi connectivity index (χ2v) is 3.56. The van der Waals surface area contributed by atoms with Gasteiger partial charge in [0.25, 0.3) is 0 Å². The van der Waals surface area contributed by atoms with E-state index in [1.165, 1.54) is 0 Å². The van der Waals surface area contributed by atoms with Crippen LogP contribution < -0.4 is 46.5 Å². The van der Waals surface area contributed by atoms with Crippen LogP contribution in [0.1, 0.15) is 17.3 Å². The van der Waals surface area contributed by atoms with E-state index in [0.29, 0.717) is 12.1 Å². The third kappa shape index (κ3) is 4.78. The van der Waals surface area contributed by atoms with E-state index in [1.54, 1.807) is 18.3 Å². The van der Waals surface area contributed by atoms with Gasteiger partial charge in [-0.3, -0.25) is 0 Å². The smallest absolute Gasteiger partial charge is 1.00 e. The van der Waals surface area contributed by atoms with Crippen LogP contribution in [-0.4, -0.2) is 11.1 Å². The molecule has 0 aliphatic heterocycles. The average Bonchev–Trinajstić information content (AvgIpc) is 2.30. The zero-order valence-electron chi connectivity index (χ0n) is 11.1. The van der Waals surface area contributed by atoms with Crippen LogP contribution in [0.15, 0.2) is 54.9 Å². The van der Waals surface area contributed by atoms with E-state index in [2.05, 4.69) is 0 Å². The molecule has 0 amide bonds. The van der Waals surface area contributed by atoms with Crippen LogP contribution in [0.2, 0.25) is 0 Å². The molecule has 0 aliphatic carbocycles. The summed E-state index contributed by atoms with van der Waals surface area (Å²) in [7, 11) is 0. The number of benzene rings is 1. The summed E-state index contributed by atoms with van der Waals surface area (Å²) in [5, 5.41) is 8.86. The number of rotatable bonds is 3. The molecule has 1 N–H and O–H groups in total. The van der Waals surface area contributed by atoms with Gasteiger partial charge in [0.1, 0.15) is 5.56 Å². The molecule has 0 fully saturated rings. The monoisotopic (exact) mass is 273 g/mol. The first-order chi connectivity index (χ1) is 7.75. The molecule has 0 bridgehead atoms. The standard InChI is InChI=1S/C13H11NO2.ClH.Na.H/c15-13(16)12-7-4-8-14(10-12)9-11-5-2-1-3-6-11;;;/h1-8,10H,9H2;1H;;/q;;+1;-1. The Labute approximate surface area is 136 Å². The number of hydrogen-bond acceptors (Lipinski definition) is 1. The molecule has 0 saturated carbocycles. The third-order valence-corrected chi connectivity index (χ3v) is 2.31. The second-order valence-electron chi connectivity index (χ2n) is 3.56.